The van der Waals surface area contributed by atoms with Crippen LogP contribution in [0.1, 0.15) is 68.7 Å². The molecule has 1 amide bonds. The summed E-state index contributed by atoms with van der Waals surface area (Å²) in [5, 5.41) is 12.8. The maximum absolute atomic E-state index is 14.0. The number of aryl methyl sites for hydroxylation is 1. The molecule has 2 aromatic rings. The molecule has 5 heteroatoms. The Bertz CT molecular complexity index is 843. The van der Waals surface area contributed by atoms with E-state index < -0.39 is 0 Å². The zero-order chi connectivity index (χ0) is 21.7. The van der Waals surface area contributed by atoms with Gasteiger partial charge in [-0.05, 0) is 61.4 Å². The fourth-order valence-corrected chi connectivity index (χ4v) is 3.99. The van der Waals surface area contributed by atoms with Crippen LogP contribution in [-0.4, -0.2) is 30.2 Å². The number of carbonyl (C=O) groups excluding carboxylic acids is 1. The van der Waals surface area contributed by atoms with Gasteiger partial charge < -0.3 is 15.3 Å². The highest BCUT2D eigenvalue weighted by Crippen LogP contribution is 2.30. The van der Waals surface area contributed by atoms with Crippen molar-refractivity contribution in [3.05, 3.63) is 65.0 Å². The molecule has 4 nitrogen and oxygen atoms in total. The van der Waals surface area contributed by atoms with Crippen LogP contribution in [0, 0.1) is 5.82 Å². The second-order valence-corrected chi connectivity index (χ2v) is 8.61. The molecule has 162 valence electrons. The number of halogens is 1. The van der Waals surface area contributed by atoms with Gasteiger partial charge in [-0.25, -0.2) is 4.39 Å². The number of aliphatic hydroxyl groups excluding tert-OH is 1. The maximum Gasteiger partial charge on any atom is 0.220 e. The Balaban J connectivity index is 1.61. The van der Waals surface area contributed by atoms with Crippen molar-refractivity contribution in [2.45, 2.75) is 64.5 Å². The number of amides is 1. The molecule has 1 aliphatic rings. The summed E-state index contributed by atoms with van der Waals surface area (Å²) in [6.45, 7) is 7.68. The number of benzene rings is 2. The van der Waals surface area contributed by atoms with Gasteiger partial charge in [0.2, 0.25) is 5.91 Å². The number of rotatable bonds is 7. The number of nitrogens with zero attached hydrogens (tertiary/aromatic N) is 1. The highest BCUT2D eigenvalue weighted by atomic mass is 19.1. The summed E-state index contributed by atoms with van der Waals surface area (Å²) in [4.78, 5) is 14.7. The molecule has 1 heterocycles. The molecule has 2 N–H and O–H groups in total. The van der Waals surface area contributed by atoms with Gasteiger partial charge in [-0.3, -0.25) is 4.79 Å². The van der Waals surface area contributed by atoms with E-state index in [2.05, 4.69) is 48.3 Å². The van der Waals surface area contributed by atoms with Crippen LogP contribution in [0.5, 0.6) is 0 Å². The quantitative estimate of drug-likeness (QED) is 0.692. The van der Waals surface area contributed by atoms with Crippen LogP contribution < -0.4 is 10.2 Å². The molecule has 0 aromatic heterocycles. The first-order valence-corrected chi connectivity index (χ1v) is 10.9. The second kappa shape index (κ2) is 10.1. The van der Waals surface area contributed by atoms with Gasteiger partial charge in [0.25, 0.3) is 0 Å². The molecule has 0 radical (unpaired) electrons. The van der Waals surface area contributed by atoms with Gasteiger partial charge >= 0.3 is 0 Å². The monoisotopic (exact) mass is 412 g/mol. The topological polar surface area (TPSA) is 52.6 Å². The van der Waals surface area contributed by atoms with Crippen molar-refractivity contribution in [2.75, 3.05) is 18.0 Å². The first kappa shape index (κ1) is 22.3. The van der Waals surface area contributed by atoms with Crippen molar-refractivity contribution < 1.29 is 14.3 Å². The zero-order valence-corrected chi connectivity index (χ0v) is 18.2. The number of hydrogen-bond acceptors (Lipinski definition) is 3. The van der Waals surface area contributed by atoms with Gasteiger partial charge in [-0.1, -0.05) is 38.1 Å². The minimum absolute atomic E-state index is 0.0419. The predicted octanol–water partition coefficient (Wildman–Crippen LogP) is 4.72. The molecular weight excluding hydrogens is 379 g/mol. The van der Waals surface area contributed by atoms with Crippen LogP contribution in [0.3, 0.4) is 0 Å². The molecule has 1 fully saturated rings. The number of carbonyl (C=O) groups is 1. The van der Waals surface area contributed by atoms with Gasteiger partial charge in [0.1, 0.15) is 5.82 Å². The van der Waals surface area contributed by atoms with E-state index in [9.17, 15) is 14.3 Å². The summed E-state index contributed by atoms with van der Waals surface area (Å²) < 4.78 is 14.0. The number of aliphatic hydroxyl groups is 1. The molecule has 30 heavy (non-hydrogen) atoms. The van der Waals surface area contributed by atoms with Crippen molar-refractivity contribution in [2.24, 2.45) is 0 Å². The van der Waals surface area contributed by atoms with Crippen molar-refractivity contribution in [3.63, 3.8) is 0 Å². The number of piperidine rings is 1. The van der Waals surface area contributed by atoms with Gasteiger partial charge in [0.15, 0.2) is 0 Å². The Morgan fingerprint density at radius 1 is 1.13 bits per heavy atom. The van der Waals surface area contributed by atoms with Gasteiger partial charge in [0.05, 0.1) is 12.1 Å². The minimum atomic E-state index is -0.308. The third kappa shape index (κ3) is 5.82. The van der Waals surface area contributed by atoms with E-state index >= 15 is 0 Å². The summed E-state index contributed by atoms with van der Waals surface area (Å²) in [7, 11) is 0. The minimum Gasteiger partial charge on any atom is -0.393 e. The van der Waals surface area contributed by atoms with E-state index in [4.69, 9.17) is 0 Å². The lowest BCUT2D eigenvalue weighted by molar-refractivity contribution is -0.121. The molecule has 1 saturated heterocycles. The van der Waals surface area contributed by atoms with Crippen LogP contribution >= 0.6 is 0 Å². The van der Waals surface area contributed by atoms with E-state index in [1.165, 1.54) is 17.7 Å². The predicted molar refractivity (Wildman–Crippen MR) is 119 cm³/mol. The van der Waals surface area contributed by atoms with Crippen LogP contribution in [0.15, 0.2) is 42.5 Å². The van der Waals surface area contributed by atoms with Crippen molar-refractivity contribution in [1.29, 1.82) is 0 Å². The average Bonchev–Trinajstić information content (AvgIpc) is 2.73. The third-order valence-electron chi connectivity index (χ3n) is 5.93. The lowest BCUT2D eigenvalue weighted by atomic mass is 10.00. The fraction of sp³-hybridized carbons (Fsp3) is 0.480. The molecule has 2 aromatic carbocycles. The van der Waals surface area contributed by atoms with Crippen LogP contribution in [0.25, 0.3) is 0 Å². The molecular formula is C25H33FN2O2. The Hall–Kier alpha value is -2.40. The van der Waals surface area contributed by atoms with Crippen LogP contribution in [-0.2, 0) is 11.2 Å². The molecule has 0 spiro atoms. The molecule has 0 aliphatic carbocycles. The SMILES string of the molecule is CC(C)c1ccc(CCC(=O)N[C@H](C)c2cc(F)ccc2N2CCC(O)CC2)cc1. The highest BCUT2D eigenvalue weighted by Gasteiger charge is 2.22. The standard InChI is InChI=1S/C25H33FN2O2/c1-17(2)20-7-4-19(5-8-20)6-11-25(30)27-18(3)23-16-21(26)9-10-24(23)28-14-12-22(29)13-15-28/h4-5,7-10,16-18,22,29H,6,11-15H2,1-3H3,(H,27,30)/t18-/m1/s1. The van der Waals surface area contributed by atoms with E-state index in [0.717, 1.165) is 29.9 Å². The van der Waals surface area contributed by atoms with Crippen LogP contribution in [0.2, 0.25) is 0 Å². The van der Waals surface area contributed by atoms with E-state index in [-0.39, 0.29) is 23.9 Å². The van der Waals surface area contributed by atoms with E-state index in [0.29, 0.717) is 31.6 Å². The smallest absolute Gasteiger partial charge is 0.220 e. The van der Waals surface area contributed by atoms with Gasteiger partial charge in [-0.2, -0.15) is 0 Å². The van der Waals surface area contributed by atoms with Gasteiger partial charge in [0, 0.05) is 30.8 Å². The number of hydrogen-bond donors (Lipinski definition) is 2. The molecule has 0 bridgehead atoms. The summed E-state index contributed by atoms with van der Waals surface area (Å²) in [6, 6.07) is 12.9. The van der Waals surface area contributed by atoms with Crippen molar-refractivity contribution in [1.82, 2.24) is 5.32 Å². The average molecular weight is 413 g/mol. The molecule has 0 saturated carbocycles. The summed E-state index contributed by atoms with van der Waals surface area (Å²) >= 11 is 0. The van der Waals surface area contributed by atoms with Gasteiger partial charge in [-0.15, -0.1) is 0 Å². The summed E-state index contributed by atoms with van der Waals surface area (Å²) in [6.07, 6.45) is 2.21. The number of nitrogens with one attached hydrogen (secondary N) is 1. The second-order valence-electron chi connectivity index (χ2n) is 8.61. The van der Waals surface area contributed by atoms with Crippen molar-refractivity contribution >= 4 is 11.6 Å². The highest BCUT2D eigenvalue weighted by molar-refractivity contribution is 5.77. The Labute approximate surface area is 179 Å². The summed E-state index contributed by atoms with van der Waals surface area (Å²) in [5.41, 5.74) is 4.14. The lowest BCUT2D eigenvalue weighted by Gasteiger charge is -2.34. The van der Waals surface area contributed by atoms with Crippen molar-refractivity contribution in [3.8, 4) is 0 Å². The first-order chi connectivity index (χ1) is 14.3. The largest absolute Gasteiger partial charge is 0.393 e. The zero-order valence-electron chi connectivity index (χ0n) is 18.2. The Morgan fingerprint density at radius 3 is 2.43 bits per heavy atom. The maximum atomic E-state index is 14.0. The molecule has 1 aliphatic heterocycles. The molecule has 0 unspecified atom stereocenters. The van der Waals surface area contributed by atoms with E-state index in [1.54, 1.807) is 6.07 Å². The Kier molecular flexibility index (Phi) is 7.48. The normalized spacial score (nSPS) is 16.0. The van der Waals surface area contributed by atoms with E-state index in [1.807, 2.05) is 6.92 Å². The summed E-state index contributed by atoms with van der Waals surface area (Å²) in [5.74, 6) is 0.142. The van der Waals surface area contributed by atoms with Crippen LogP contribution in [0.4, 0.5) is 10.1 Å². The third-order valence-corrected chi connectivity index (χ3v) is 5.93. The molecule has 3 rings (SSSR count). The number of anilines is 1. The Morgan fingerprint density at radius 2 is 1.80 bits per heavy atom. The fourth-order valence-electron chi connectivity index (χ4n) is 3.99. The molecule has 1 atom stereocenters. The first-order valence-electron chi connectivity index (χ1n) is 10.9. The lowest BCUT2D eigenvalue weighted by Crippen LogP contribution is -2.37.